The molecule has 0 aliphatic carbocycles. The normalized spacial score (nSPS) is 10.8. The Morgan fingerprint density at radius 1 is 1.14 bits per heavy atom. The number of nitrogens with one attached hydrogen (secondary N) is 1. The molecule has 2 aromatic heterocycles. The summed E-state index contributed by atoms with van der Waals surface area (Å²) in [5.74, 6) is -0.873. The summed E-state index contributed by atoms with van der Waals surface area (Å²) < 4.78 is 7.22. The Morgan fingerprint density at radius 3 is 2.55 bits per heavy atom. The first-order valence-electron chi connectivity index (χ1n) is 8.27. The number of carbonyl (C=O) groups is 1. The summed E-state index contributed by atoms with van der Waals surface area (Å²) in [6.45, 7) is -0.0813. The van der Waals surface area contributed by atoms with Crippen LogP contribution >= 0.6 is 23.2 Å². The summed E-state index contributed by atoms with van der Waals surface area (Å²) in [6.07, 6.45) is 0. The van der Waals surface area contributed by atoms with Crippen molar-refractivity contribution in [2.24, 2.45) is 0 Å². The molecule has 0 aliphatic heterocycles. The van der Waals surface area contributed by atoms with Gasteiger partial charge in [0.25, 0.3) is 0 Å². The van der Waals surface area contributed by atoms with Crippen molar-refractivity contribution >= 4 is 29.2 Å². The van der Waals surface area contributed by atoms with E-state index in [1.54, 1.807) is 48.5 Å². The molecule has 29 heavy (non-hydrogen) atoms. The SMILES string of the molecule is O=C(O)c1nn(-c2ccccc2Cl)c(-c2ccc(Cl)cc2)c1OCc1nnn[nH]1. The second-order valence-electron chi connectivity index (χ2n) is 5.84. The number of H-pyrrole nitrogens is 1. The van der Waals surface area contributed by atoms with Crippen LogP contribution in [0.15, 0.2) is 48.5 Å². The number of aromatic nitrogens is 6. The smallest absolute Gasteiger partial charge is 0.360 e. The van der Waals surface area contributed by atoms with Gasteiger partial charge in [-0.15, -0.1) is 5.10 Å². The Kier molecular flexibility index (Phi) is 5.15. The monoisotopic (exact) mass is 430 g/mol. The van der Waals surface area contributed by atoms with Crippen LogP contribution < -0.4 is 4.74 Å². The van der Waals surface area contributed by atoms with Crippen LogP contribution in [-0.2, 0) is 6.61 Å². The highest BCUT2D eigenvalue weighted by atomic mass is 35.5. The van der Waals surface area contributed by atoms with Crippen LogP contribution in [0.4, 0.5) is 0 Å². The number of hydrogen-bond donors (Lipinski definition) is 2. The molecule has 4 aromatic rings. The van der Waals surface area contributed by atoms with Crippen LogP contribution in [0.1, 0.15) is 16.3 Å². The van der Waals surface area contributed by atoms with E-state index < -0.39 is 5.97 Å². The zero-order valence-corrected chi connectivity index (χ0v) is 16.1. The first-order chi connectivity index (χ1) is 14.0. The largest absolute Gasteiger partial charge is 0.481 e. The lowest BCUT2D eigenvalue weighted by atomic mass is 10.1. The molecular weight excluding hydrogens is 419 g/mol. The van der Waals surface area contributed by atoms with Gasteiger partial charge in [-0.25, -0.2) is 14.6 Å². The van der Waals surface area contributed by atoms with E-state index in [9.17, 15) is 9.90 Å². The molecule has 0 saturated heterocycles. The predicted octanol–water partition coefficient (Wildman–Crippen LogP) is 3.64. The van der Waals surface area contributed by atoms with Gasteiger partial charge in [0.15, 0.2) is 11.6 Å². The number of halogens is 2. The molecule has 0 spiro atoms. The van der Waals surface area contributed by atoms with Gasteiger partial charge >= 0.3 is 5.97 Å². The number of benzene rings is 2. The van der Waals surface area contributed by atoms with Crippen molar-refractivity contribution < 1.29 is 14.6 Å². The average Bonchev–Trinajstić information content (AvgIpc) is 3.35. The topological polar surface area (TPSA) is 119 Å². The quantitative estimate of drug-likeness (QED) is 0.479. The highest BCUT2D eigenvalue weighted by Gasteiger charge is 2.27. The molecule has 0 atom stereocenters. The molecule has 2 heterocycles. The number of para-hydroxylation sites is 1. The van der Waals surface area contributed by atoms with E-state index in [-0.39, 0.29) is 18.1 Å². The third kappa shape index (κ3) is 3.78. The molecule has 11 heteroatoms. The van der Waals surface area contributed by atoms with Gasteiger partial charge < -0.3 is 9.84 Å². The molecule has 0 fully saturated rings. The lowest BCUT2D eigenvalue weighted by molar-refractivity contribution is 0.0684. The average molecular weight is 431 g/mol. The molecule has 0 amide bonds. The fraction of sp³-hybridized carbons (Fsp3) is 0.0556. The zero-order chi connectivity index (χ0) is 20.4. The van der Waals surface area contributed by atoms with Gasteiger partial charge in [-0.3, -0.25) is 0 Å². The minimum absolute atomic E-state index is 0.0520. The Labute approximate surface area is 173 Å². The van der Waals surface area contributed by atoms with Crippen LogP contribution in [0.2, 0.25) is 10.0 Å². The number of nitrogens with zero attached hydrogens (tertiary/aromatic N) is 5. The molecule has 4 rings (SSSR count). The van der Waals surface area contributed by atoms with Crippen molar-refractivity contribution in [1.82, 2.24) is 30.4 Å². The highest BCUT2D eigenvalue weighted by molar-refractivity contribution is 6.32. The molecule has 2 N–H and O–H groups in total. The molecule has 0 aliphatic rings. The highest BCUT2D eigenvalue weighted by Crippen LogP contribution is 2.37. The third-order valence-electron chi connectivity index (χ3n) is 3.99. The maximum atomic E-state index is 11.9. The summed E-state index contributed by atoms with van der Waals surface area (Å²) in [6, 6.07) is 13.8. The van der Waals surface area contributed by atoms with Crippen molar-refractivity contribution in [3.63, 3.8) is 0 Å². The Hall–Kier alpha value is -3.43. The van der Waals surface area contributed by atoms with Gasteiger partial charge in [0, 0.05) is 10.6 Å². The van der Waals surface area contributed by atoms with Gasteiger partial charge in [0.1, 0.15) is 12.3 Å². The maximum Gasteiger partial charge on any atom is 0.360 e. The van der Waals surface area contributed by atoms with E-state index in [4.69, 9.17) is 27.9 Å². The minimum Gasteiger partial charge on any atom is -0.481 e. The Bertz CT molecular complexity index is 1160. The number of tetrazole rings is 1. The maximum absolute atomic E-state index is 11.9. The molecule has 9 nitrogen and oxygen atoms in total. The summed E-state index contributed by atoms with van der Waals surface area (Å²) in [7, 11) is 0. The number of carboxylic acid groups (broad SMARTS) is 1. The van der Waals surface area contributed by atoms with Crippen molar-refractivity contribution in [2.75, 3.05) is 0 Å². The van der Waals surface area contributed by atoms with Crippen LogP contribution in [0.25, 0.3) is 16.9 Å². The van der Waals surface area contributed by atoms with Crippen molar-refractivity contribution in [1.29, 1.82) is 0 Å². The van der Waals surface area contributed by atoms with Gasteiger partial charge in [-0.2, -0.15) is 5.10 Å². The van der Waals surface area contributed by atoms with E-state index in [1.807, 2.05) is 0 Å². The second-order valence-corrected chi connectivity index (χ2v) is 6.68. The lowest BCUT2D eigenvalue weighted by Gasteiger charge is -2.11. The molecule has 0 radical (unpaired) electrons. The number of ether oxygens (including phenoxy) is 1. The van der Waals surface area contributed by atoms with Gasteiger partial charge in [0.2, 0.25) is 5.69 Å². The number of aromatic amines is 1. The second kappa shape index (κ2) is 7.90. The van der Waals surface area contributed by atoms with Crippen molar-refractivity contribution in [3.8, 4) is 22.7 Å². The predicted molar refractivity (Wildman–Crippen MR) is 104 cm³/mol. The van der Waals surface area contributed by atoms with Crippen LogP contribution in [0, 0.1) is 0 Å². The Morgan fingerprint density at radius 2 is 1.90 bits per heavy atom. The van der Waals surface area contributed by atoms with E-state index >= 15 is 0 Å². The van der Waals surface area contributed by atoms with Crippen LogP contribution in [-0.4, -0.2) is 41.5 Å². The molecule has 0 saturated carbocycles. The molecule has 146 valence electrons. The number of rotatable bonds is 6. The van der Waals surface area contributed by atoms with E-state index in [0.29, 0.717) is 32.8 Å². The number of aromatic carboxylic acids is 1. The van der Waals surface area contributed by atoms with Crippen LogP contribution in [0.3, 0.4) is 0 Å². The van der Waals surface area contributed by atoms with E-state index in [0.717, 1.165) is 0 Å². The van der Waals surface area contributed by atoms with Crippen molar-refractivity contribution in [2.45, 2.75) is 6.61 Å². The number of hydrogen-bond acceptors (Lipinski definition) is 6. The first-order valence-corrected chi connectivity index (χ1v) is 9.02. The minimum atomic E-state index is -1.25. The van der Waals surface area contributed by atoms with Crippen molar-refractivity contribution in [3.05, 3.63) is 70.1 Å². The molecule has 2 aromatic carbocycles. The third-order valence-corrected chi connectivity index (χ3v) is 4.56. The standard InChI is InChI=1S/C18H12Cl2N6O3/c19-11-7-5-10(6-8-11)16-17(29-9-14-21-24-25-22-14)15(18(27)28)23-26(16)13-4-2-1-3-12(13)20/h1-8H,9H2,(H,27,28)(H,21,22,24,25). The first kappa shape index (κ1) is 18.9. The van der Waals surface area contributed by atoms with E-state index in [2.05, 4.69) is 25.7 Å². The van der Waals surface area contributed by atoms with E-state index in [1.165, 1.54) is 4.68 Å². The molecular formula is C18H12Cl2N6O3. The van der Waals surface area contributed by atoms with Crippen LogP contribution in [0.5, 0.6) is 5.75 Å². The fourth-order valence-electron chi connectivity index (χ4n) is 2.72. The molecule has 0 bridgehead atoms. The number of carboxylic acids is 1. The molecule has 0 unspecified atom stereocenters. The van der Waals surface area contributed by atoms with Gasteiger partial charge in [-0.05, 0) is 34.7 Å². The zero-order valence-electron chi connectivity index (χ0n) is 14.6. The summed E-state index contributed by atoms with van der Waals surface area (Å²) in [4.78, 5) is 11.9. The summed E-state index contributed by atoms with van der Waals surface area (Å²) in [5.41, 5.74) is 1.26. The fourth-order valence-corrected chi connectivity index (χ4v) is 3.06. The summed E-state index contributed by atoms with van der Waals surface area (Å²) >= 11 is 12.4. The van der Waals surface area contributed by atoms with Gasteiger partial charge in [0.05, 0.1) is 10.7 Å². The van der Waals surface area contributed by atoms with Gasteiger partial charge in [-0.1, -0.05) is 47.5 Å². The lowest BCUT2D eigenvalue weighted by Crippen LogP contribution is -2.04. The summed E-state index contributed by atoms with van der Waals surface area (Å²) in [5, 5.41) is 28.1. The Balaban J connectivity index is 1.92.